The van der Waals surface area contributed by atoms with E-state index in [-0.39, 0.29) is 0 Å². The van der Waals surface area contributed by atoms with Gasteiger partial charge in [0.05, 0.1) is 0 Å². The molecule has 3 heteroatoms. The molecule has 0 radical (unpaired) electrons. The monoisotopic (exact) mass is 691 g/mol. The molecule has 0 spiro atoms. The molecule has 0 fully saturated rings. The molecule has 0 amide bonds. The second-order valence-electron chi connectivity index (χ2n) is 12.5. The molecule has 0 unspecified atom stereocenters. The fraction of sp³-hybridized carbons (Fsp3) is 0. The topological polar surface area (TPSA) is 16.4 Å². The molecule has 0 atom stereocenters. The Labute approximate surface area is 289 Å². The van der Waals surface area contributed by atoms with Crippen LogP contribution >= 0.6 is 0 Å². The molecule has 2 heterocycles. The van der Waals surface area contributed by atoms with E-state index in [2.05, 4.69) is 169 Å². The third-order valence-electron chi connectivity index (χ3n) is 9.65. The van der Waals surface area contributed by atoms with Crippen LogP contribution in [0.4, 0.5) is 17.1 Å². The zero-order chi connectivity index (χ0) is 32.3. The number of hydrogen-bond donors (Lipinski definition) is 0. The minimum atomic E-state index is 0.292. The molecule has 0 N–H and O–H groups in total. The second-order valence-corrected chi connectivity index (χ2v) is 14.7. The number of rotatable bonds is 5. The molecule has 10 rings (SSSR count). The Kier molecular flexibility index (Phi) is 6.55. The number of nitrogens with zero attached hydrogens (tertiary/aromatic N) is 1. The summed E-state index contributed by atoms with van der Waals surface area (Å²) in [4.78, 5) is 2.39. The van der Waals surface area contributed by atoms with Crippen molar-refractivity contribution in [2.75, 3.05) is 4.90 Å². The van der Waals surface area contributed by atoms with Crippen molar-refractivity contribution in [2.24, 2.45) is 0 Å². The van der Waals surface area contributed by atoms with E-state index in [0.717, 1.165) is 39.0 Å². The fourth-order valence-corrected chi connectivity index (χ4v) is 9.95. The first-order valence-corrected chi connectivity index (χ1v) is 18.3. The minimum absolute atomic E-state index is 0.292. The van der Waals surface area contributed by atoms with Gasteiger partial charge < -0.3 is 0 Å². The van der Waals surface area contributed by atoms with E-state index >= 15 is 0 Å². The van der Waals surface area contributed by atoms with Crippen LogP contribution in [0, 0.1) is 0 Å². The normalized spacial score (nSPS) is 11.7. The van der Waals surface area contributed by atoms with Crippen molar-refractivity contribution in [1.82, 2.24) is 0 Å². The summed E-state index contributed by atoms with van der Waals surface area (Å²) in [5, 5.41) is 7.62. The molecule has 0 bridgehead atoms. The zero-order valence-electron chi connectivity index (χ0n) is 26.5. The van der Waals surface area contributed by atoms with Gasteiger partial charge in [0.2, 0.25) is 0 Å². The quantitative estimate of drug-likeness (QED) is 0.167. The number of benzene rings is 8. The number of anilines is 3. The van der Waals surface area contributed by atoms with Crippen LogP contribution in [0.1, 0.15) is 0 Å². The molecule has 8 aromatic carbocycles. The molecule has 0 aliphatic heterocycles. The number of hydrogen-bond acceptors (Lipinski definition) is 2. The van der Waals surface area contributed by atoms with E-state index in [4.69, 9.17) is 4.42 Å². The summed E-state index contributed by atoms with van der Waals surface area (Å²) in [5.74, 6) is 0. The molecule has 0 aliphatic rings. The predicted molar refractivity (Wildman–Crippen MR) is 209 cm³/mol. The average Bonchev–Trinajstić information content (AvgIpc) is 3.74. The van der Waals surface area contributed by atoms with Gasteiger partial charge in [-0.05, 0) is 0 Å². The van der Waals surface area contributed by atoms with Crippen molar-refractivity contribution in [3.63, 3.8) is 0 Å². The summed E-state index contributed by atoms with van der Waals surface area (Å²) < 4.78 is 9.19. The Bertz CT molecular complexity index is 2840. The smallest absolute Gasteiger partial charge is 0.0544 e. The first-order valence-electron chi connectivity index (χ1n) is 16.6. The molecule has 2 nitrogen and oxygen atoms in total. The third-order valence-corrected chi connectivity index (χ3v) is 12.2. The van der Waals surface area contributed by atoms with Crippen LogP contribution in [0.5, 0.6) is 0 Å². The van der Waals surface area contributed by atoms with Gasteiger partial charge in [-0.3, -0.25) is 0 Å². The largest absolute Gasteiger partial charge is 0.0617 e. The Morgan fingerprint density at radius 2 is 1.04 bits per heavy atom. The van der Waals surface area contributed by atoms with Crippen LogP contribution in [0.3, 0.4) is 0 Å². The van der Waals surface area contributed by atoms with Crippen LogP contribution in [0.2, 0.25) is 0 Å². The average molecular weight is 691 g/mol. The first-order chi connectivity index (χ1) is 24.3. The summed E-state index contributed by atoms with van der Waals surface area (Å²) in [6.45, 7) is 0. The van der Waals surface area contributed by atoms with Crippen molar-refractivity contribution in [3.05, 3.63) is 176 Å². The number of fused-ring (bicyclic) bond motifs is 8. The Balaban J connectivity index is 1.18. The van der Waals surface area contributed by atoms with Crippen LogP contribution in [-0.4, -0.2) is 14.5 Å². The second kappa shape index (κ2) is 11.4. The van der Waals surface area contributed by atoms with Crippen molar-refractivity contribution >= 4 is 83.6 Å². The van der Waals surface area contributed by atoms with Gasteiger partial charge in [-0.25, -0.2) is 0 Å². The molecule has 0 saturated carbocycles. The van der Waals surface area contributed by atoms with Crippen LogP contribution in [0.15, 0.2) is 180 Å². The third kappa shape index (κ3) is 4.70. The van der Waals surface area contributed by atoms with Gasteiger partial charge in [0, 0.05) is 0 Å². The molecule has 10 aromatic rings. The Morgan fingerprint density at radius 3 is 1.94 bits per heavy atom. The summed E-state index contributed by atoms with van der Waals surface area (Å²) in [6, 6.07) is 63.7. The van der Waals surface area contributed by atoms with Gasteiger partial charge in [0.1, 0.15) is 0 Å². The molecule has 49 heavy (non-hydrogen) atoms. The molecule has 0 saturated heterocycles. The maximum absolute atomic E-state index is 6.24. The number of furan rings is 1. The van der Waals surface area contributed by atoms with Crippen LogP contribution in [-0.2, 0) is 0 Å². The van der Waals surface area contributed by atoms with E-state index in [1.807, 2.05) is 12.1 Å². The molecular formula is C46H29NOSe. The Hall–Kier alpha value is -5.86. The van der Waals surface area contributed by atoms with Gasteiger partial charge in [-0.15, -0.1) is 0 Å². The number of para-hydroxylation sites is 1. The van der Waals surface area contributed by atoms with Crippen molar-refractivity contribution < 1.29 is 4.42 Å². The van der Waals surface area contributed by atoms with Crippen molar-refractivity contribution in [2.45, 2.75) is 0 Å². The van der Waals surface area contributed by atoms with E-state index in [1.165, 1.54) is 52.3 Å². The van der Waals surface area contributed by atoms with Crippen molar-refractivity contribution in [1.29, 1.82) is 0 Å². The fourth-order valence-electron chi connectivity index (χ4n) is 7.36. The van der Waals surface area contributed by atoms with Gasteiger partial charge in [-0.1, -0.05) is 42.5 Å². The van der Waals surface area contributed by atoms with E-state index in [0.29, 0.717) is 14.5 Å². The SMILES string of the molecule is c1ccc(-c2ccccc2-c2cccc(N(c3ccc4c(ccc5c6ccccc6[se]c45)c3)c3ccc4oc5ccccc5c4c3)c2)cc1. The van der Waals surface area contributed by atoms with Gasteiger partial charge in [0.25, 0.3) is 0 Å². The Morgan fingerprint density at radius 1 is 0.388 bits per heavy atom. The van der Waals surface area contributed by atoms with E-state index in [9.17, 15) is 0 Å². The summed E-state index contributed by atoms with van der Waals surface area (Å²) in [5.41, 5.74) is 9.93. The molecule has 230 valence electrons. The van der Waals surface area contributed by atoms with E-state index in [1.54, 1.807) is 0 Å². The summed E-state index contributed by atoms with van der Waals surface area (Å²) in [7, 11) is 0. The molecule has 0 aliphatic carbocycles. The van der Waals surface area contributed by atoms with Crippen LogP contribution in [0.25, 0.3) is 74.3 Å². The van der Waals surface area contributed by atoms with Crippen molar-refractivity contribution in [3.8, 4) is 22.3 Å². The standard InChI is InChI=1S/C46H29NOSe/c1-2-11-30(12-3-1)36-15-4-5-16-37(36)31-13-10-14-33(27-31)47(35-23-26-44-42(29-35)39-17-6-8-19-43(39)48-44)34-22-25-38-32(28-34)21-24-41-40-18-7-9-20-45(40)49-46(38)41/h1-29H. The maximum atomic E-state index is 6.24. The van der Waals surface area contributed by atoms with Gasteiger partial charge in [-0.2, -0.15) is 0 Å². The van der Waals surface area contributed by atoms with Gasteiger partial charge >= 0.3 is 249 Å². The molecular weight excluding hydrogens is 661 g/mol. The summed E-state index contributed by atoms with van der Waals surface area (Å²) >= 11 is 0.292. The minimum Gasteiger partial charge on any atom is -0.0617 e. The van der Waals surface area contributed by atoms with Crippen LogP contribution < -0.4 is 4.90 Å². The van der Waals surface area contributed by atoms with E-state index < -0.39 is 0 Å². The van der Waals surface area contributed by atoms with Gasteiger partial charge in [0.15, 0.2) is 0 Å². The zero-order valence-corrected chi connectivity index (χ0v) is 28.2. The first kappa shape index (κ1) is 28.2. The summed E-state index contributed by atoms with van der Waals surface area (Å²) in [6.07, 6.45) is 0. The molecule has 2 aromatic heterocycles. The maximum Gasteiger partial charge on any atom is -0.0544 e. The predicted octanol–water partition coefficient (Wildman–Crippen LogP) is 12.9.